The third-order valence-corrected chi connectivity index (χ3v) is 2.21. The molecular weight excluding hydrogens is 282 g/mol. The van der Waals surface area contributed by atoms with Crippen LogP contribution in [0.25, 0.3) is 0 Å². The Morgan fingerprint density at radius 1 is 1.50 bits per heavy atom. The van der Waals surface area contributed by atoms with Crippen LogP contribution < -0.4 is 4.74 Å². The van der Waals surface area contributed by atoms with E-state index in [2.05, 4.69) is 4.74 Å². The van der Waals surface area contributed by atoms with Crippen LogP contribution >= 0.6 is 0 Å². The lowest BCUT2D eigenvalue weighted by Crippen LogP contribution is -2.14. The predicted octanol–water partition coefficient (Wildman–Crippen LogP) is 1.19. The van der Waals surface area contributed by atoms with E-state index in [4.69, 9.17) is 10.4 Å². The molecule has 0 heterocycles. The van der Waals surface area contributed by atoms with Crippen LogP contribution in [0.15, 0.2) is 12.1 Å². The molecule has 1 aromatic carbocycles. The molecule has 20 heavy (non-hydrogen) atoms. The highest BCUT2D eigenvalue weighted by molar-refractivity contribution is 5.77. The summed E-state index contributed by atoms with van der Waals surface area (Å²) in [5.74, 6) is -2.84. The van der Waals surface area contributed by atoms with Crippen molar-refractivity contribution in [2.75, 3.05) is 0 Å². The van der Waals surface area contributed by atoms with E-state index >= 15 is 0 Å². The van der Waals surface area contributed by atoms with Gasteiger partial charge in [0.25, 0.3) is 0 Å². The lowest BCUT2D eigenvalue weighted by Gasteiger charge is -2.12. The van der Waals surface area contributed by atoms with Crippen molar-refractivity contribution in [2.45, 2.75) is 12.7 Å². The fourth-order valence-corrected chi connectivity index (χ4v) is 1.42. The number of nitriles is 1. The summed E-state index contributed by atoms with van der Waals surface area (Å²) in [6, 6.07) is 2.77. The molecule has 0 fully saturated rings. The average molecular weight is 288 g/mol. The highest BCUT2D eigenvalue weighted by Gasteiger charge is 2.29. The maximum Gasteiger partial charge on any atom is 0.387 e. The number of carboxylic acids is 1. The van der Waals surface area contributed by atoms with Crippen LogP contribution in [-0.2, 0) is 4.79 Å². The minimum Gasteiger partial charge on any atom is -0.479 e. The summed E-state index contributed by atoms with van der Waals surface area (Å²) in [5.41, 5.74) is -2.36. The van der Waals surface area contributed by atoms with Crippen molar-refractivity contribution < 1.29 is 33.4 Å². The number of halogens is 2. The third-order valence-electron chi connectivity index (χ3n) is 2.21. The number of hydrogen-bond acceptors (Lipinski definition) is 6. The smallest absolute Gasteiger partial charge is 0.387 e. The van der Waals surface area contributed by atoms with Gasteiger partial charge in [0.2, 0.25) is 5.75 Å². The van der Waals surface area contributed by atoms with Crippen molar-refractivity contribution >= 4 is 11.7 Å². The largest absolute Gasteiger partial charge is 0.479 e. The molecule has 1 aromatic rings. The molecule has 0 saturated heterocycles. The van der Waals surface area contributed by atoms with E-state index < -0.39 is 46.2 Å². The zero-order chi connectivity index (χ0) is 15.4. The van der Waals surface area contributed by atoms with Crippen molar-refractivity contribution in [1.82, 2.24) is 0 Å². The quantitative estimate of drug-likeness (QED) is 0.613. The number of ether oxygens (including phenoxy) is 1. The Hall–Kier alpha value is -2.80. The summed E-state index contributed by atoms with van der Waals surface area (Å²) in [5, 5.41) is 37.5. The minimum absolute atomic E-state index is 0.582. The number of carbonyl (C=O) groups is 1. The first-order valence-corrected chi connectivity index (χ1v) is 4.86. The lowest BCUT2D eigenvalue weighted by molar-refractivity contribution is -0.386. The van der Waals surface area contributed by atoms with Crippen LogP contribution in [0.1, 0.15) is 17.2 Å². The predicted molar refractivity (Wildman–Crippen MR) is 57.0 cm³/mol. The molecule has 10 heteroatoms. The lowest BCUT2D eigenvalue weighted by atomic mass is 10.0. The zero-order valence-electron chi connectivity index (χ0n) is 9.49. The first-order chi connectivity index (χ1) is 9.29. The second kappa shape index (κ2) is 5.89. The molecule has 1 atom stereocenters. The number of carboxylic acid groups (broad SMARTS) is 1. The van der Waals surface area contributed by atoms with Gasteiger partial charge in [0, 0.05) is 11.6 Å². The number of alkyl halides is 2. The van der Waals surface area contributed by atoms with Gasteiger partial charge in [0.05, 0.1) is 4.92 Å². The van der Waals surface area contributed by atoms with Gasteiger partial charge in [-0.25, -0.2) is 4.79 Å². The van der Waals surface area contributed by atoms with Crippen LogP contribution in [0.3, 0.4) is 0 Å². The van der Waals surface area contributed by atoms with Gasteiger partial charge in [-0.3, -0.25) is 10.1 Å². The summed E-state index contributed by atoms with van der Waals surface area (Å²) in [6.07, 6.45) is -2.20. The molecule has 0 aliphatic rings. The van der Waals surface area contributed by atoms with E-state index in [-0.39, 0.29) is 0 Å². The number of hydrogen-bond donors (Lipinski definition) is 2. The maximum atomic E-state index is 12.2. The summed E-state index contributed by atoms with van der Waals surface area (Å²) < 4.78 is 28.4. The molecule has 1 unspecified atom stereocenters. The van der Waals surface area contributed by atoms with E-state index in [0.717, 1.165) is 6.07 Å². The van der Waals surface area contributed by atoms with Crippen LogP contribution in [0.4, 0.5) is 14.5 Å². The molecule has 1 rings (SSSR count). The molecule has 2 N–H and O–H groups in total. The molecule has 0 spiro atoms. The van der Waals surface area contributed by atoms with Gasteiger partial charge >= 0.3 is 18.3 Å². The molecule has 0 saturated carbocycles. The van der Waals surface area contributed by atoms with Crippen molar-refractivity contribution in [3.05, 3.63) is 33.4 Å². The van der Waals surface area contributed by atoms with Gasteiger partial charge in [-0.1, -0.05) is 0 Å². The fourth-order valence-electron chi connectivity index (χ4n) is 1.42. The Kier molecular flexibility index (Phi) is 4.50. The summed E-state index contributed by atoms with van der Waals surface area (Å²) in [6.45, 7) is -3.46. The molecule has 0 aliphatic carbocycles. The Bertz CT molecular complexity index is 598. The molecular formula is C10H6F2N2O6. The third kappa shape index (κ3) is 2.96. The van der Waals surface area contributed by atoms with Crippen LogP contribution in [0, 0.1) is 21.4 Å². The highest BCUT2D eigenvalue weighted by atomic mass is 19.3. The van der Waals surface area contributed by atoms with Gasteiger partial charge in [-0.2, -0.15) is 14.0 Å². The fraction of sp³-hybridized carbons (Fsp3) is 0.200. The average Bonchev–Trinajstić information content (AvgIpc) is 2.36. The van der Waals surface area contributed by atoms with Crippen LogP contribution in [0.2, 0.25) is 0 Å². The standard InChI is InChI=1S/C10H6F2N2O6/c11-10(12)20-8-5(3-13)4(7(15)9(16)17)1-2-6(8)14(18)19/h1-2,7,10,15H,(H,16,17). The number of nitro benzene ring substituents is 1. The molecule has 0 aromatic heterocycles. The number of benzene rings is 1. The second-order valence-corrected chi connectivity index (χ2v) is 3.37. The van der Waals surface area contributed by atoms with Crippen molar-refractivity contribution in [1.29, 1.82) is 5.26 Å². The van der Waals surface area contributed by atoms with E-state index in [0.29, 0.717) is 6.07 Å². The van der Waals surface area contributed by atoms with Gasteiger partial charge in [0.1, 0.15) is 11.6 Å². The Labute approximate surface area is 109 Å². The van der Waals surface area contributed by atoms with Gasteiger partial charge in [-0.15, -0.1) is 0 Å². The topological polar surface area (TPSA) is 134 Å². The summed E-state index contributed by atoms with van der Waals surface area (Å²) >= 11 is 0. The monoisotopic (exact) mass is 288 g/mol. The minimum atomic E-state index is -3.46. The van der Waals surface area contributed by atoms with Gasteiger partial charge in [0.15, 0.2) is 6.10 Å². The number of aliphatic hydroxyl groups excluding tert-OH is 1. The highest BCUT2D eigenvalue weighted by Crippen LogP contribution is 2.36. The van der Waals surface area contributed by atoms with Crippen LogP contribution in [-0.4, -0.2) is 27.7 Å². The van der Waals surface area contributed by atoms with Crippen molar-refractivity contribution in [3.63, 3.8) is 0 Å². The van der Waals surface area contributed by atoms with Gasteiger partial charge in [-0.05, 0) is 6.07 Å². The second-order valence-electron chi connectivity index (χ2n) is 3.37. The van der Waals surface area contributed by atoms with Crippen molar-refractivity contribution in [3.8, 4) is 11.8 Å². The Morgan fingerprint density at radius 3 is 2.50 bits per heavy atom. The normalized spacial score (nSPS) is 11.8. The van der Waals surface area contributed by atoms with Crippen LogP contribution in [0.5, 0.6) is 5.75 Å². The van der Waals surface area contributed by atoms with E-state index in [1.165, 1.54) is 6.07 Å². The number of rotatable bonds is 5. The maximum absolute atomic E-state index is 12.2. The zero-order valence-corrected chi connectivity index (χ0v) is 9.49. The number of nitro groups is 1. The Balaban J connectivity index is 3.56. The van der Waals surface area contributed by atoms with E-state index in [1.54, 1.807) is 0 Å². The summed E-state index contributed by atoms with van der Waals surface area (Å²) in [4.78, 5) is 20.2. The molecule has 106 valence electrons. The Morgan fingerprint density at radius 2 is 2.10 bits per heavy atom. The molecule has 8 nitrogen and oxygen atoms in total. The molecule has 0 radical (unpaired) electrons. The molecule has 0 bridgehead atoms. The van der Waals surface area contributed by atoms with Gasteiger partial charge < -0.3 is 14.9 Å². The first kappa shape index (κ1) is 15.3. The number of nitrogens with zero attached hydrogens (tertiary/aromatic N) is 2. The molecule has 0 amide bonds. The van der Waals surface area contributed by atoms with Crippen molar-refractivity contribution in [2.24, 2.45) is 0 Å². The summed E-state index contributed by atoms with van der Waals surface area (Å²) in [7, 11) is 0. The van der Waals surface area contributed by atoms with E-state index in [1.807, 2.05) is 0 Å². The number of aliphatic hydroxyl groups is 1. The number of aliphatic carboxylic acids is 1. The molecule has 0 aliphatic heterocycles. The first-order valence-electron chi connectivity index (χ1n) is 4.86. The SMILES string of the molecule is N#Cc1c(C(O)C(=O)O)ccc([N+](=O)[O-])c1OC(F)F. The van der Waals surface area contributed by atoms with E-state index in [9.17, 15) is 28.8 Å².